The van der Waals surface area contributed by atoms with Gasteiger partial charge in [-0.3, -0.25) is 24.0 Å². The number of hydrogen-bond acceptors (Lipinski definition) is 9. The quantitative estimate of drug-likeness (QED) is 0.172. The Labute approximate surface area is 404 Å². The molecule has 5 amide bonds. The number of methoxy groups -OCH3 is 1. The summed E-state index contributed by atoms with van der Waals surface area (Å²) in [7, 11) is 10.7. The van der Waals surface area contributed by atoms with Gasteiger partial charge >= 0.3 is 0 Å². The fourth-order valence-corrected chi connectivity index (χ4v) is 9.27. The summed E-state index contributed by atoms with van der Waals surface area (Å²) in [5.41, 5.74) is 3.30. The number of halogens is 2. The highest BCUT2D eigenvalue weighted by Gasteiger charge is 2.38. The van der Waals surface area contributed by atoms with E-state index in [9.17, 15) is 24.0 Å². The van der Waals surface area contributed by atoms with Crippen molar-refractivity contribution in [3.63, 3.8) is 0 Å². The first-order valence-corrected chi connectivity index (χ1v) is 23.6. The third-order valence-corrected chi connectivity index (χ3v) is 13.4. The van der Waals surface area contributed by atoms with E-state index in [0.29, 0.717) is 52.9 Å². The number of nitrogens with zero attached hydrogens (tertiary/aromatic N) is 6. The van der Waals surface area contributed by atoms with Crippen LogP contribution >= 0.6 is 23.2 Å². The zero-order chi connectivity index (χ0) is 48.5. The summed E-state index contributed by atoms with van der Waals surface area (Å²) in [6, 6.07) is 16.3. The van der Waals surface area contributed by atoms with Crippen molar-refractivity contribution in [3.8, 4) is 22.8 Å². The van der Waals surface area contributed by atoms with Crippen LogP contribution in [0.5, 0.6) is 11.5 Å². The first-order valence-electron chi connectivity index (χ1n) is 22.8. The Hall–Kier alpha value is -5.48. The number of fused-ring (bicyclic) bond motifs is 1. The molecule has 2 fully saturated rings. The molecule has 1 aliphatic carbocycles. The molecule has 4 aromatic rings. The Balaban J connectivity index is 1.32. The molecule has 1 saturated heterocycles. The van der Waals surface area contributed by atoms with Crippen LogP contribution in [-0.2, 0) is 55.3 Å². The highest BCUT2D eigenvalue weighted by Crippen LogP contribution is 2.33. The monoisotopic (exact) mass is 958 g/mol. The van der Waals surface area contributed by atoms with Gasteiger partial charge in [0, 0.05) is 80.3 Å². The smallest absolute Gasteiger partial charge is 0.247 e. The fraction of sp³-hybridized carbons (Fsp3) is 0.480. The molecule has 17 heteroatoms. The molecule has 2 N–H and O–H groups in total. The third-order valence-electron chi connectivity index (χ3n) is 12.9. The molecule has 6 atom stereocenters. The summed E-state index contributed by atoms with van der Waals surface area (Å²) < 4.78 is 14.0. The Morgan fingerprint density at radius 2 is 1.51 bits per heavy atom. The van der Waals surface area contributed by atoms with Crippen molar-refractivity contribution in [3.05, 3.63) is 99.9 Å². The van der Waals surface area contributed by atoms with E-state index < -0.39 is 41.8 Å². The van der Waals surface area contributed by atoms with Gasteiger partial charge in [0.1, 0.15) is 29.4 Å². The van der Waals surface area contributed by atoms with Crippen molar-refractivity contribution < 1.29 is 33.4 Å². The summed E-state index contributed by atoms with van der Waals surface area (Å²) in [5, 5.41) is 7.00. The molecular weight excluding hydrogens is 896 g/mol. The number of carbonyl (C=O) groups excluding carboxylic acids is 5. The van der Waals surface area contributed by atoms with Crippen LogP contribution in [0.15, 0.2) is 72.9 Å². The minimum absolute atomic E-state index is 0.0353. The molecule has 360 valence electrons. The van der Waals surface area contributed by atoms with Gasteiger partial charge in [0.2, 0.25) is 29.5 Å². The predicted octanol–water partition coefficient (Wildman–Crippen LogP) is 6.48. The van der Waals surface area contributed by atoms with Gasteiger partial charge in [-0.2, -0.15) is 0 Å². The number of benzene rings is 3. The van der Waals surface area contributed by atoms with Crippen molar-refractivity contribution >= 4 is 52.7 Å². The molecule has 1 aromatic heterocycles. The van der Waals surface area contributed by atoms with Gasteiger partial charge in [-0.05, 0) is 94.4 Å². The molecule has 15 nitrogen and oxygen atoms in total. The zero-order valence-electron chi connectivity index (χ0n) is 39.8. The predicted molar refractivity (Wildman–Crippen MR) is 258 cm³/mol. The molecule has 2 aliphatic rings. The van der Waals surface area contributed by atoms with E-state index in [4.69, 9.17) is 32.7 Å². The minimum Gasteiger partial charge on any atom is -0.457 e. The number of ether oxygens (including phenoxy) is 2. The van der Waals surface area contributed by atoms with Crippen LogP contribution in [-0.4, -0.2) is 131 Å². The average Bonchev–Trinajstić information content (AvgIpc) is 3.65. The van der Waals surface area contributed by atoms with Crippen LogP contribution in [0.4, 0.5) is 0 Å². The third kappa shape index (κ3) is 12.9. The molecule has 0 unspecified atom stereocenters. The molecule has 67 heavy (non-hydrogen) atoms. The van der Waals surface area contributed by atoms with Crippen LogP contribution in [0, 0.1) is 5.92 Å². The molecule has 1 aliphatic heterocycles. The largest absolute Gasteiger partial charge is 0.457 e. The van der Waals surface area contributed by atoms with E-state index in [2.05, 4.69) is 25.1 Å². The molecule has 3 aromatic carbocycles. The normalized spacial score (nSPS) is 22.9. The lowest BCUT2D eigenvalue weighted by Crippen LogP contribution is -2.58. The summed E-state index contributed by atoms with van der Waals surface area (Å²) in [4.78, 5) is 82.9. The van der Waals surface area contributed by atoms with Gasteiger partial charge in [0.05, 0.1) is 37.6 Å². The maximum Gasteiger partial charge on any atom is 0.247 e. The number of nitrogens with one attached hydrogen (secondary N) is 2. The molecule has 6 rings (SSSR count). The first kappa shape index (κ1) is 50.9. The van der Waals surface area contributed by atoms with Gasteiger partial charge < -0.3 is 44.3 Å². The first-order chi connectivity index (χ1) is 31.9. The number of amides is 5. The maximum absolute atomic E-state index is 14.6. The molecule has 0 bridgehead atoms. The lowest BCUT2D eigenvalue weighted by Gasteiger charge is -2.40. The van der Waals surface area contributed by atoms with Gasteiger partial charge in [-0.1, -0.05) is 61.2 Å². The number of likely N-dealkylation sites (N-methyl/N-ethyl adjacent to an activating group) is 2. The lowest BCUT2D eigenvalue weighted by atomic mass is 9.88. The molecule has 2 heterocycles. The van der Waals surface area contributed by atoms with Crippen molar-refractivity contribution in [2.45, 2.75) is 102 Å². The SMILES string of the molecule is COC[C@@H]1NC(=O)[C@H](C)N(Cc2ccc(Cl)cc2Oc2ccc(-c3cnc(CN(C)C)n3C)cc2)C(=O)C[C@@H](C)C(=O)N(C)[C@H]2CCCC[C@@H]2NC(=O)C[C@H](Cc2ccc(Cl)cc2)N(C)C1=O. The molecule has 0 radical (unpaired) electrons. The topological polar surface area (TPSA) is 159 Å². The molecule has 0 spiro atoms. The highest BCUT2D eigenvalue weighted by molar-refractivity contribution is 6.31. The van der Waals surface area contributed by atoms with Crippen molar-refractivity contribution in [2.24, 2.45) is 13.0 Å². The van der Waals surface area contributed by atoms with Crippen molar-refractivity contribution in [2.75, 3.05) is 41.9 Å². The average molecular weight is 960 g/mol. The second kappa shape index (κ2) is 23.0. The summed E-state index contributed by atoms with van der Waals surface area (Å²) in [5.74, 6) is -1.04. The second-order valence-electron chi connectivity index (χ2n) is 18.2. The van der Waals surface area contributed by atoms with E-state index in [-0.39, 0.29) is 49.9 Å². The molecule has 1 saturated carbocycles. The Morgan fingerprint density at radius 3 is 2.19 bits per heavy atom. The Morgan fingerprint density at radius 1 is 0.821 bits per heavy atom. The summed E-state index contributed by atoms with van der Waals surface area (Å²) >= 11 is 12.7. The number of aromatic nitrogens is 2. The van der Waals surface area contributed by atoms with Crippen molar-refractivity contribution in [1.29, 1.82) is 0 Å². The zero-order valence-corrected chi connectivity index (χ0v) is 41.3. The van der Waals surface area contributed by atoms with Gasteiger partial charge in [-0.15, -0.1) is 0 Å². The van der Waals surface area contributed by atoms with E-state index in [1.165, 1.54) is 16.9 Å². The van der Waals surface area contributed by atoms with Crippen LogP contribution in [0.2, 0.25) is 10.0 Å². The number of hydrogen-bond donors (Lipinski definition) is 2. The number of imidazole rings is 1. The van der Waals surface area contributed by atoms with Crippen molar-refractivity contribution in [1.82, 2.24) is 39.8 Å². The van der Waals surface area contributed by atoms with Gasteiger partial charge in [-0.25, -0.2) is 4.98 Å². The standard InChI is InChI=1S/C50H64Cl2N8O7/c1-31-23-47(62)60(28-35-15-20-37(52)25-44(35)67-39-21-16-34(17-22-39)43-27-53-45(58(43)6)29-56(3)4)32(2)48(63)55-41(30-66-8)50(65)57(5)38(24-33-13-18-36(51)19-14-33)26-46(61)54-40-11-9-10-12-42(40)59(7)49(31)64/h13-22,25,27,31-32,38,40-42H,9-12,23-24,26,28-30H2,1-8H3,(H,54,61)(H,55,63)/t31-,32+,38+,40+,41+,42+/m1/s1. The van der Waals surface area contributed by atoms with Crippen LogP contribution < -0.4 is 15.4 Å². The number of rotatable bonds is 11. The second-order valence-corrected chi connectivity index (χ2v) is 19.0. The minimum atomic E-state index is -1.17. The van der Waals surface area contributed by atoms with Crippen LogP contribution in [0.3, 0.4) is 0 Å². The summed E-state index contributed by atoms with van der Waals surface area (Å²) in [6.45, 7) is 3.70. The van der Waals surface area contributed by atoms with Gasteiger partial charge in [0.15, 0.2) is 0 Å². The Kier molecular flexibility index (Phi) is 17.5. The highest BCUT2D eigenvalue weighted by atomic mass is 35.5. The number of carbonyl (C=O) groups is 5. The lowest BCUT2D eigenvalue weighted by molar-refractivity contribution is -0.147. The van der Waals surface area contributed by atoms with E-state index in [1.54, 1.807) is 63.2 Å². The summed E-state index contributed by atoms with van der Waals surface area (Å²) in [6.07, 6.45) is 5.00. The van der Waals surface area contributed by atoms with Crippen LogP contribution in [0.25, 0.3) is 11.3 Å². The van der Waals surface area contributed by atoms with E-state index in [1.807, 2.05) is 63.7 Å². The Bertz CT molecular complexity index is 2380. The van der Waals surface area contributed by atoms with E-state index >= 15 is 0 Å². The molecular formula is C50H64Cl2N8O7. The van der Waals surface area contributed by atoms with E-state index in [0.717, 1.165) is 35.5 Å². The fourth-order valence-electron chi connectivity index (χ4n) is 8.99. The van der Waals surface area contributed by atoms with Gasteiger partial charge in [0.25, 0.3) is 0 Å². The van der Waals surface area contributed by atoms with Crippen LogP contribution in [0.1, 0.15) is 69.3 Å². The maximum atomic E-state index is 14.6.